The molecule has 148 valence electrons. The van der Waals surface area contributed by atoms with Crippen LogP contribution in [0.15, 0.2) is 76.6 Å². The van der Waals surface area contributed by atoms with Crippen molar-refractivity contribution in [1.82, 2.24) is 19.5 Å². The quantitative estimate of drug-likeness (QED) is 0.494. The SMILES string of the molecule is Cn1c(=O)/c(=C/c2ncc[nH]2)[nH]c(=O)/c1=C/c1cccc(C(=O)c2ccccc2)c1. The lowest BCUT2D eigenvalue weighted by Gasteiger charge is -2.03. The average Bonchev–Trinajstić information content (AvgIpc) is 3.28. The first kappa shape index (κ1) is 19.1. The van der Waals surface area contributed by atoms with Gasteiger partial charge in [0, 0.05) is 36.6 Å². The van der Waals surface area contributed by atoms with E-state index in [0.717, 1.165) is 0 Å². The largest absolute Gasteiger partial charge is 0.345 e. The summed E-state index contributed by atoms with van der Waals surface area (Å²) in [5.41, 5.74) is 0.931. The molecule has 0 aliphatic heterocycles. The molecular weight excluding hydrogens is 380 g/mol. The molecule has 0 fully saturated rings. The number of imidazole rings is 1. The highest BCUT2D eigenvalue weighted by atomic mass is 16.1. The number of carbonyl (C=O) groups excluding carboxylic acids is 1. The second-order valence-corrected chi connectivity index (χ2v) is 6.70. The number of hydrogen-bond acceptors (Lipinski definition) is 4. The van der Waals surface area contributed by atoms with E-state index >= 15 is 0 Å². The number of nitrogens with zero attached hydrogens (tertiary/aromatic N) is 2. The van der Waals surface area contributed by atoms with Crippen molar-refractivity contribution < 1.29 is 4.79 Å². The molecule has 2 aromatic heterocycles. The van der Waals surface area contributed by atoms with Crippen LogP contribution >= 0.6 is 0 Å². The summed E-state index contributed by atoms with van der Waals surface area (Å²) in [5, 5.41) is 0.309. The van der Waals surface area contributed by atoms with E-state index in [0.29, 0.717) is 22.5 Å². The zero-order valence-corrected chi connectivity index (χ0v) is 16.1. The number of H-pyrrole nitrogens is 2. The number of hydrogen-bond donors (Lipinski definition) is 2. The first-order valence-corrected chi connectivity index (χ1v) is 9.25. The third-order valence-corrected chi connectivity index (χ3v) is 4.67. The van der Waals surface area contributed by atoms with E-state index in [1.165, 1.54) is 17.7 Å². The molecule has 0 unspecified atom stereocenters. The predicted octanol–water partition coefficient (Wildman–Crippen LogP) is 0.685. The monoisotopic (exact) mass is 398 g/mol. The molecule has 0 atom stereocenters. The van der Waals surface area contributed by atoms with Gasteiger partial charge in [0.1, 0.15) is 16.5 Å². The van der Waals surface area contributed by atoms with Gasteiger partial charge in [-0.2, -0.15) is 0 Å². The molecule has 0 bridgehead atoms. The summed E-state index contributed by atoms with van der Waals surface area (Å²) < 4.78 is 1.28. The van der Waals surface area contributed by atoms with E-state index < -0.39 is 5.56 Å². The van der Waals surface area contributed by atoms with E-state index in [-0.39, 0.29) is 22.0 Å². The Balaban J connectivity index is 1.80. The molecule has 0 aliphatic rings. The van der Waals surface area contributed by atoms with Crippen LogP contribution in [0.4, 0.5) is 0 Å². The maximum Gasteiger partial charge on any atom is 0.274 e. The Morgan fingerprint density at radius 2 is 1.77 bits per heavy atom. The lowest BCUT2D eigenvalue weighted by molar-refractivity contribution is 0.103. The van der Waals surface area contributed by atoms with Crippen molar-refractivity contribution in [2.24, 2.45) is 7.05 Å². The van der Waals surface area contributed by atoms with Crippen molar-refractivity contribution in [3.8, 4) is 0 Å². The summed E-state index contributed by atoms with van der Waals surface area (Å²) in [4.78, 5) is 47.5. The van der Waals surface area contributed by atoms with Crippen LogP contribution in [-0.4, -0.2) is 25.3 Å². The molecule has 0 aliphatic carbocycles. The molecule has 4 rings (SSSR count). The summed E-state index contributed by atoms with van der Waals surface area (Å²) in [6.45, 7) is 0. The fraction of sp³-hybridized carbons (Fsp3) is 0.0435. The predicted molar refractivity (Wildman–Crippen MR) is 114 cm³/mol. The normalized spacial score (nSPS) is 12.3. The molecule has 0 saturated carbocycles. The molecule has 0 saturated heterocycles. The Kier molecular flexibility index (Phi) is 5.09. The van der Waals surface area contributed by atoms with Crippen LogP contribution in [0.25, 0.3) is 12.2 Å². The number of carbonyl (C=O) groups is 1. The first-order valence-electron chi connectivity index (χ1n) is 9.25. The minimum absolute atomic E-state index is 0.114. The van der Waals surface area contributed by atoms with E-state index in [9.17, 15) is 14.4 Å². The highest BCUT2D eigenvalue weighted by Gasteiger charge is 2.09. The third kappa shape index (κ3) is 3.81. The van der Waals surface area contributed by atoms with Crippen molar-refractivity contribution in [1.29, 1.82) is 0 Å². The first-order chi connectivity index (χ1) is 14.5. The van der Waals surface area contributed by atoms with Gasteiger partial charge in [0.2, 0.25) is 0 Å². The van der Waals surface area contributed by atoms with Gasteiger partial charge < -0.3 is 14.5 Å². The van der Waals surface area contributed by atoms with Gasteiger partial charge in [-0.25, -0.2) is 4.98 Å². The van der Waals surface area contributed by atoms with Crippen molar-refractivity contribution in [3.05, 3.63) is 121 Å². The maximum absolute atomic E-state index is 12.7. The molecule has 0 radical (unpaired) electrons. The highest BCUT2D eigenvalue weighted by molar-refractivity contribution is 6.09. The highest BCUT2D eigenvalue weighted by Crippen LogP contribution is 2.12. The average molecular weight is 398 g/mol. The number of aromatic amines is 2. The zero-order valence-electron chi connectivity index (χ0n) is 16.1. The van der Waals surface area contributed by atoms with Crippen LogP contribution < -0.4 is 21.8 Å². The molecule has 7 nitrogen and oxygen atoms in total. The van der Waals surface area contributed by atoms with Gasteiger partial charge >= 0.3 is 0 Å². The van der Waals surface area contributed by atoms with E-state index in [1.807, 2.05) is 6.07 Å². The Hall–Kier alpha value is -4.26. The van der Waals surface area contributed by atoms with E-state index in [1.54, 1.807) is 67.0 Å². The second kappa shape index (κ2) is 8.00. The minimum Gasteiger partial charge on any atom is -0.345 e. The smallest absolute Gasteiger partial charge is 0.274 e. The Bertz CT molecular complexity index is 1450. The van der Waals surface area contributed by atoms with Crippen LogP contribution in [0.2, 0.25) is 0 Å². The van der Waals surface area contributed by atoms with Crippen molar-refractivity contribution in [2.45, 2.75) is 0 Å². The van der Waals surface area contributed by atoms with Crippen LogP contribution in [-0.2, 0) is 7.05 Å². The van der Waals surface area contributed by atoms with Gasteiger partial charge in [-0.1, -0.05) is 48.5 Å². The lowest BCUT2D eigenvalue weighted by Crippen LogP contribution is -2.52. The van der Waals surface area contributed by atoms with Crippen molar-refractivity contribution >= 4 is 17.9 Å². The molecule has 30 heavy (non-hydrogen) atoms. The molecule has 2 aromatic carbocycles. The summed E-state index contributed by atoms with van der Waals surface area (Å²) in [5.74, 6) is 0.351. The van der Waals surface area contributed by atoms with Crippen LogP contribution in [0.5, 0.6) is 0 Å². The number of ketones is 1. The molecule has 4 aromatic rings. The molecule has 7 heteroatoms. The summed E-state index contributed by atoms with van der Waals surface area (Å²) in [6, 6.07) is 15.9. The molecule has 0 amide bonds. The van der Waals surface area contributed by atoms with Crippen LogP contribution in [0.1, 0.15) is 27.3 Å². The van der Waals surface area contributed by atoms with Gasteiger partial charge in [-0.15, -0.1) is 0 Å². The molecule has 0 spiro atoms. The second-order valence-electron chi connectivity index (χ2n) is 6.70. The van der Waals surface area contributed by atoms with E-state index in [2.05, 4.69) is 15.0 Å². The Morgan fingerprint density at radius 1 is 1.00 bits per heavy atom. The molecule has 2 heterocycles. The topological polar surface area (TPSA) is 101 Å². The summed E-state index contributed by atoms with van der Waals surface area (Å²) in [6.07, 6.45) is 6.24. The van der Waals surface area contributed by atoms with Gasteiger partial charge in [0.25, 0.3) is 11.1 Å². The van der Waals surface area contributed by atoms with Gasteiger partial charge in [-0.3, -0.25) is 14.4 Å². The van der Waals surface area contributed by atoms with Crippen molar-refractivity contribution in [2.75, 3.05) is 0 Å². The van der Waals surface area contributed by atoms with Crippen LogP contribution in [0.3, 0.4) is 0 Å². The van der Waals surface area contributed by atoms with E-state index in [4.69, 9.17) is 0 Å². The summed E-state index contributed by atoms with van der Waals surface area (Å²) in [7, 11) is 1.53. The number of benzene rings is 2. The molecular formula is C23H18N4O3. The number of nitrogens with one attached hydrogen (secondary N) is 2. The minimum atomic E-state index is -0.422. The van der Waals surface area contributed by atoms with Gasteiger partial charge in [0.05, 0.1) is 0 Å². The fourth-order valence-corrected chi connectivity index (χ4v) is 3.12. The fourth-order valence-electron chi connectivity index (χ4n) is 3.12. The van der Waals surface area contributed by atoms with Gasteiger partial charge in [0.15, 0.2) is 5.78 Å². The summed E-state index contributed by atoms with van der Waals surface area (Å²) >= 11 is 0. The maximum atomic E-state index is 12.7. The standard InChI is InChI=1S/C23H18N4O3/c1-27-19(22(29)26-18(23(27)30)14-20-24-10-11-25-20)13-15-6-5-9-17(12-15)21(28)16-7-3-2-4-8-16/h2-14H,1H3,(H,24,25)(H,26,29)/b18-14-,19-13-. The number of rotatable bonds is 4. The Labute approximate surface area is 170 Å². The van der Waals surface area contributed by atoms with Crippen molar-refractivity contribution in [3.63, 3.8) is 0 Å². The zero-order chi connectivity index (χ0) is 21.1. The molecule has 2 N–H and O–H groups in total. The third-order valence-electron chi connectivity index (χ3n) is 4.67. The lowest BCUT2D eigenvalue weighted by atomic mass is 10.0. The van der Waals surface area contributed by atoms with Crippen LogP contribution in [0, 0.1) is 0 Å². The van der Waals surface area contributed by atoms with Gasteiger partial charge in [-0.05, 0) is 17.7 Å². The number of aromatic nitrogens is 4. The Morgan fingerprint density at radius 3 is 2.50 bits per heavy atom.